The second-order valence-corrected chi connectivity index (χ2v) is 5.47. The van der Waals surface area contributed by atoms with Crippen LogP contribution in [0.3, 0.4) is 0 Å². The third kappa shape index (κ3) is 1.13. The van der Waals surface area contributed by atoms with Crippen molar-refractivity contribution in [2.45, 2.75) is 13.8 Å². The van der Waals surface area contributed by atoms with Gasteiger partial charge in [-0.3, -0.25) is 9.59 Å². The summed E-state index contributed by atoms with van der Waals surface area (Å²) < 4.78 is 0. The van der Waals surface area contributed by atoms with E-state index in [1.165, 1.54) is 5.01 Å². The number of nitrogens with zero attached hydrogens (tertiary/aromatic N) is 2. The standard InChI is InChI=1S/C11H17N3O2/c1-11(2)7-8(11)10(16)14(9(7)15)13-5-3-12-4-6-13/h7-8,12H,3-6H2,1-2H3. The van der Waals surface area contributed by atoms with Crippen molar-refractivity contribution < 1.29 is 9.59 Å². The average Bonchev–Trinajstić information content (AvgIpc) is 2.70. The fourth-order valence-corrected chi connectivity index (χ4v) is 3.06. The van der Waals surface area contributed by atoms with Crippen molar-refractivity contribution in [3.63, 3.8) is 0 Å². The minimum absolute atomic E-state index is 0.0156. The van der Waals surface area contributed by atoms with E-state index in [0.29, 0.717) is 0 Å². The number of hydrogen-bond donors (Lipinski definition) is 1. The molecule has 0 aromatic heterocycles. The predicted molar refractivity (Wildman–Crippen MR) is 57.1 cm³/mol. The molecule has 3 fully saturated rings. The molecule has 0 radical (unpaired) electrons. The van der Waals surface area contributed by atoms with Crippen molar-refractivity contribution in [2.75, 3.05) is 26.2 Å². The highest BCUT2D eigenvalue weighted by atomic mass is 16.2. The van der Waals surface area contributed by atoms with Gasteiger partial charge in [-0.15, -0.1) is 0 Å². The fourth-order valence-electron chi connectivity index (χ4n) is 3.06. The maximum atomic E-state index is 12.1. The number of rotatable bonds is 1. The molecule has 16 heavy (non-hydrogen) atoms. The lowest BCUT2D eigenvalue weighted by Gasteiger charge is -2.35. The van der Waals surface area contributed by atoms with Gasteiger partial charge in [0.15, 0.2) is 0 Å². The minimum atomic E-state index is -0.0985. The molecule has 0 aromatic carbocycles. The average molecular weight is 223 g/mol. The molecule has 5 heteroatoms. The van der Waals surface area contributed by atoms with E-state index in [2.05, 4.69) is 5.32 Å². The molecule has 2 heterocycles. The SMILES string of the molecule is CC1(C)C2C(=O)N(N3CCNCC3)C(=O)C21. The first-order valence-corrected chi connectivity index (χ1v) is 5.88. The van der Waals surface area contributed by atoms with Gasteiger partial charge in [-0.1, -0.05) is 13.8 Å². The lowest BCUT2D eigenvalue weighted by Crippen LogP contribution is -2.56. The van der Waals surface area contributed by atoms with E-state index in [9.17, 15) is 9.59 Å². The fraction of sp³-hybridized carbons (Fsp3) is 0.818. The number of amides is 2. The van der Waals surface area contributed by atoms with Crippen LogP contribution in [0.15, 0.2) is 0 Å². The van der Waals surface area contributed by atoms with Crippen LogP contribution in [0.4, 0.5) is 0 Å². The summed E-state index contributed by atoms with van der Waals surface area (Å²) in [6, 6.07) is 0. The minimum Gasteiger partial charge on any atom is -0.314 e. The van der Waals surface area contributed by atoms with Gasteiger partial charge < -0.3 is 5.32 Å². The maximum Gasteiger partial charge on any atom is 0.248 e. The van der Waals surface area contributed by atoms with E-state index >= 15 is 0 Å². The number of piperazine rings is 1. The Morgan fingerprint density at radius 3 is 2.12 bits per heavy atom. The highest BCUT2D eigenvalue weighted by molar-refractivity contribution is 6.09. The Morgan fingerprint density at radius 1 is 1.12 bits per heavy atom. The van der Waals surface area contributed by atoms with Crippen LogP contribution >= 0.6 is 0 Å². The number of imide groups is 1. The van der Waals surface area contributed by atoms with Gasteiger partial charge in [0, 0.05) is 26.2 Å². The zero-order chi connectivity index (χ0) is 11.5. The summed E-state index contributed by atoms with van der Waals surface area (Å²) >= 11 is 0. The molecule has 2 unspecified atom stereocenters. The van der Waals surface area contributed by atoms with Gasteiger partial charge in [-0.2, -0.15) is 0 Å². The Kier molecular flexibility index (Phi) is 1.95. The third-order valence-electron chi connectivity index (χ3n) is 4.15. The first-order chi connectivity index (χ1) is 7.55. The normalized spacial score (nSPS) is 37.8. The van der Waals surface area contributed by atoms with Crippen LogP contribution < -0.4 is 5.32 Å². The Balaban J connectivity index is 1.79. The molecule has 2 saturated heterocycles. The smallest absolute Gasteiger partial charge is 0.248 e. The number of carbonyl (C=O) groups excluding carboxylic acids is 2. The molecule has 1 N–H and O–H groups in total. The summed E-state index contributed by atoms with van der Waals surface area (Å²) in [5, 5.41) is 6.51. The van der Waals surface area contributed by atoms with Gasteiger partial charge in [0.1, 0.15) is 0 Å². The molecular weight excluding hydrogens is 206 g/mol. The number of fused-ring (bicyclic) bond motifs is 1. The Hall–Kier alpha value is -0.940. The van der Waals surface area contributed by atoms with E-state index in [1.807, 2.05) is 18.9 Å². The lowest BCUT2D eigenvalue weighted by molar-refractivity contribution is -0.163. The summed E-state index contributed by atoms with van der Waals surface area (Å²) in [6.07, 6.45) is 0. The van der Waals surface area contributed by atoms with Gasteiger partial charge >= 0.3 is 0 Å². The van der Waals surface area contributed by atoms with Gasteiger partial charge in [-0.05, 0) is 5.41 Å². The lowest BCUT2D eigenvalue weighted by atomic mass is 10.1. The van der Waals surface area contributed by atoms with Crippen molar-refractivity contribution in [1.82, 2.24) is 15.3 Å². The third-order valence-corrected chi connectivity index (χ3v) is 4.15. The van der Waals surface area contributed by atoms with Crippen LogP contribution in [-0.4, -0.2) is 48.0 Å². The van der Waals surface area contributed by atoms with Crippen LogP contribution in [-0.2, 0) is 9.59 Å². The number of nitrogens with one attached hydrogen (secondary N) is 1. The molecule has 2 atom stereocenters. The second kappa shape index (κ2) is 3.05. The van der Waals surface area contributed by atoms with Crippen LogP contribution in [0.5, 0.6) is 0 Å². The van der Waals surface area contributed by atoms with Crippen LogP contribution in [0.2, 0.25) is 0 Å². The quantitative estimate of drug-likeness (QED) is 0.606. The largest absolute Gasteiger partial charge is 0.314 e. The summed E-state index contributed by atoms with van der Waals surface area (Å²) in [4.78, 5) is 24.2. The van der Waals surface area contributed by atoms with E-state index in [-0.39, 0.29) is 29.1 Å². The Labute approximate surface area is 94.7 Å². The summed E-state index contributed by atoms with van der Waals surface area (Å²) in [6.45, 7) is 7.20. The van der Waals surface area contributed by atoms with Crippen molar-refractivity contribution in [3.05, 3.63) is 0 Å². The zero-order valence-electron chi connectivity index (χ0n) is 9.69. The number of carbonyl (C=O) groups is 2. The van der Waals surface area contributed by atoms with E-state index in [0.717, 1.165) is 26.2 Å². The van der Waals surface area contributed by atoms with Crippen molar-refractivity contribution in [3.8, 4) is 0 Å². The Morgan fingerprint density at radius 2 is 1.62 bits per heavy atom. The molecule has 1 saturated carbocycles. The zero-order valence-corrected chi connectivity index (χ0v) is 9.69. The first kappa shape index (κ1) is 10.2. The van der Waals surface area contributed by atoms with Crippen LogP contribution in [0.25, 0.3) is 0 Å². The van der Waals surface area contributed by atoms with Gasteiger partial charge in [0.05, 0.1) is 11.8 Å². The molecular formula is C11H17N3O2. The van der Waals surface area contributed by atoms with E-state index in [4.69, 9.17) is 0 Å². The molecule has 0 spiro atoms. The molecule has 2 aliphatic heterocycles. The second-order valence-electron chi connectivity index (χ2n) is 5.47. The number of piperidine rings is 1. The molecule has 0 aromatic rings. The molecule has 0 bridgehead atoms. The van der Waals surface area contributed by atoms with Crippen molar-refractivity contribution in [2.24, 2.45) is 17.3 Å². The highest BCUT2D eigenvalue weighted by Gasteiger charge is 2.73. The first-order valence-electron chi connectivity index (χ1n) is 5.88. The molecule has 3 aliphatic rings. The van der Waals surface area contributed by atoms with Gasteiger partial charge in [0.25, 0.3) is 0 Å². The molecule has 1 aliphatic carbocycles. The van der Waals surface area contributed by atoms with Crippen molar-refractivity contribution >= 4 is 11.8 Å². The predicted octanol–water partition coefficient (Wildman–Crippen LogP) is -0.552. The molecule has 88 valence electrons. The van der Waals surface area contributed by atoms with Crippen LogP contribution in [0.1, 0.15) is 13.8 Å². The highest BCUT2D eigenvalue weighted by Crippen LogP contribution is 2.63. The van der Waals surface area contributed by atoms with E-state index in [1.54, 1.807) is 0 Å². The summed E-state index contributed by atoms with van der Waals surface area (Å²) in [5.41, 5.74) is -0.0985. The van der Waals surface area contributed by atoms with E-state index < -0.39 is 0 Å². The molecule has 2 amide bonds. The molecule has 5 nitrogen and oxygen atoms in total. The summed E-state index contributed by atoms with van der Waals surface area (Å²) in [7, 11) is 0. The topological polar surface area (TPSA) is 52.7 Å². The maximum absolute atomic E-state index is 12.1. The molecule has 3 rings (SSSR count). The number of hydrogen-bond acceptors (Lipinski definition) is 4. The summed E-state index contributed by atoms with van der Waals surface area (Å²) in [5.74, 6) is -0.0893. The van der Waals surface area contributed by atoms with Crippen molar-refractivity contribution in [1.29, 1.82) is 0 Å². The van der Waals surface area contributed by atoms with Crippen LogP contribution in [0, 0.1) is 17.3 Å². The monoisotopic (exact) mass is 223 g/mol. The number of hydrazine groups is 1. The Bertz CT molecular complexity index is 336. The van der Waals surface area contributed by atoms with Gasteiger partial charge in [-0.25, -0.2) is 10.0 Å². The van der Waals surface area contributed by atoms with Gasteiger partial charge in [0.2, 0.25) is 11.8 Å².